The molecule has 88 valence electrons. The van der Waals surface area contributed by atoms with Crippen LogP contribution in [0, 0.1) is 5.82 Å². The third kappa shape index (κ3) is 1.92. The van der Waals surface area contributed by atoms with E-state index in [9.17, 15) is 8.60 Å². The predicted molar refractivity (Wildman–Crippen MR) is 63.3 cm³/mol. The summed E-state index contributed by atoms with van der Waals surface area (Å²) in [5.41, 5.74) is 0.860. The Hall–Kier alpha value is -0.740. The van der Waals surface area contributed by atoms with Crippen LogP contribution < -0.4 is 5.32 Å². The fourth-order valence-corrected chi connectivity index (χ4v) is 3.67. The van der Waals surface area contributed by atoms with Crippen LogP contribution in [-0.4, -0.2) is 16.0 Å². The monoisotopic (exact) mass is 241 g/mol. The topological polar surface area (TPSA) is 29.1 Å². The van der Waals surface area contributed by atoms with E-state index in [1.54, 1.807) is 6.07 Å². The Kier molecular flexibility index (Phi) is 3.40. The molecule has 1 aliphatic rings. The van der Waals surface area contributed by atoms with Crippen LogP contribution in [0.1, 0.15) is 31.9 Å². The van der Waals surface area contributed by atoms with Crippen molar-refractivity contribution in [3.05, 3.63) is 29.6 Å². The molecule has 1 aromatic rings. The van der Waals surface area contributed by atoms with Crippen molar-refractivity contribution in [2.24, 2.45) is 0 Å². The normalized spacial score (nSPS) is 28.8. The molecular formula is C12H16FNOS. The molecule has 0 aliphatic carbocycles. The van der Waals surface area contributed by atoms with Gasteiger partial charge in [0.1, 0.15) is 5.82 Å². The highest BCUT2D eigenvalue weighted by Gasteiger charge is 2.31. The Morgan fingerprint density at radius 3 is 3.00 bits per heavy atom. The van der Waals surface area contributed by atoms with Crippen molar-refractivity contribution in [2.45, 2.75) is 36.5 Å². The van der Waals surface area contributed by atoms with Crippen LogP contribution in [0.5, 0.6) is 0 Å². The van der Waals surface area contributed by atoms with Gasteiger partial charge in [0, 0.05) is 11.3 Å². The molecule has 0 bridgehead atoms. The van der Waals surface area contributed by atoms with Gasteiger partial charge in [-0.2, -0.15) is 0 Å². The van der Waals surface area contributed by atoms with Gasteiger partial charge >= 0.3 is 0 Å². The fraction of sp³-hybridized carbons (Fsp3) is 0.500. The Bertz CT molecular complexity index is 421. The molecule has 1 aliphatic heterocycles. The van der Waals surface area contributed by atoms with Crippen LogP contribution in [0.25, 0.3) is 0 Å². The largest absolute Gasteiger partial charge is 0.310 e. The zero-order valence-electron chi connectivity index (χ0n) is 9.50. The van der Waals surface area contributed by atoms with Gasteiger partial charge in [-0.05, 0) is 24.6 Å². The molecule has 0 amide bonds. The quantitative estimate of drug-likeness (QED) is 0.861. The summed E-state index contributed by atoms with van der Waals surface area (Å²) < 4.78 is 25.7. The maximum atomic E-state index is 13.7. The summed E-state index contributed by atoms with van der Waals surface area (Å²) in [6.07, 6.45) is 0.802. The number of fused-ring (bicyclic) bond motifs is 1. The van der Waals surface area contributed by atoms with Crippen LogP contribution >= 0.6 is 0 Å². The standard InChI is InChI=1S/C12H16FNOS/c1-3-14-11-7-8(2)16(15)12-9(11)5-4-6-10(12)13/h4-6,8,11,14H,3,7H2,1-2H3. The van der Waals surface area contributed by atoms with E-state index < -0.39 is 10.8 Å². The molecule has 0 radical (unpaired) electrons. The van der Waals surface area contributed by atoms with Crippen molar-refractivity contribution in [3.8, 4) is 0 Å². The molecule has 2 nitrogen and oxygen atoms in total. The summed E-state index contributed by atoms with van der Waals surface area (Å²) in [7, 11) is -1.21. The van der Waals surface area contributed by atoms with Gasteiger partial charge in [-0.3, -0.25) is 4.21 Å². The third-order valence-electron chi connectivity index (χ3n) is 2.96. The lowest BCUT2D eigenvalue weighted by atomic mass is 10.0. The van der Waals surface area contributed by atoms with E-state index in [2.05, 4.69) is 5.32 Å². The maximum Gasteiger partial charge on any atom is 0.139 e. The van der Waals surface area contributed by atoms with Crippen molar-refractivity contribution >= 4 is 10.8 Å². The van der Waals surface area contributed by atoms with Gasteiger partial charge in [0.15, 0.2) is 0 Å². The lowest BCUT2D eigenvalue weighted by Crippen LogP contribution is -2.32. The summed E-state index contributed by atoms with van der Waals surface area (Å²) in [6, 6.07) is 5.07. The summed E-state index contributed by atoms with van der Waals surface area (Å²) in [6.45, 7) is 4.77. The Labute approximate surface area is 97.7 Å². The highest BCUT2D eigenvalue weighted by atomic mass is 32.2. The fourth-order valence-electron chi connectivity index (χ4n) is 2.20. The molecule has 3 atom stereocenters. The predicted octanol–water partition coefficient (Wildman–Crippen LogP) is 2.38. The summed E-state index contributed by atoms with van der Waals surface area (Å²) >= 11 is 0. The second kappa shape index (κ2) is 4.63. The lowest BCUT2D eigenvalue weighted by Gasteiger charge is -2.29. The number of hydrogen-bond donors (Lipinski definition) is 1. The molecule has 0 fully saturated rings. The van der Waals surface area contributed by atoms with Crippen molar-refractivity contribution in [1.82, 2.24) is 5.32 Å². The van der Waals surface area contributed by atoms with Crippen LogP contribution in [0.4, 0.5) is 4.39 Å². The van der Waals surface area contributed by atoms with Gasteiger partial charge in [0.2, 0.25) is 0 Å². The number of benzene rings is 1. The van der Waals surface area contributed by atoms with E-state index in [1.165, 1.54) is 6.07 Å². The van der Waals surface area contributed by atoms with Crippen LogP contribution in [0.2, 0.25) is 0 Å². The van der Waals surface area contributed by atoms with E-state index in [0.717, 1.165) is 18.5 Å². The lowest BCUT2D eigenvalue weighted by molar-refractivity contribution is 0.477. The average Bonchev–Trinajstić information content (AvgIpc) is 2.25. The number of hydrogen-bond acceptors (Lipinski definition) is 2. The summed E-state index contributed by atoms with van der Waals surface area (Å²) in [4.78, 5) is 0.396. The molecule has 0 saturated heterocycles. The average molecular weight is 241 g/mol. The summed E-state index contributed by atoms with van der Waals surface area (Å²) in [5, 5.41) is 3.33. The van der Waals surface area contributed by atoms with Crippen LogP contribution in [0.3, 0.4) is 0 Å². The van der Waals surface area contributed by atoms with E-state index >= 15 is 0 Å². The third-order valence-corrected chi connectivity index (χ3v) is 4.71. The van der Waals surface area contributed by atoms with E-state index in [0.29, 0.717) is 4.90 Å². The van der Waals surface area contributed by atoms with Gasteiger partial charge in [0.25, 0.3) is 0 Å². The first-order valence-corrected chi connectivity index (χ1v) is 6.78. The van der Waals surface area contributed by atoms with Gasteiger partial charge in [-0.25, -0.2) is 4.39 Å². The minimum Gasteiger partial charge on any atom is -0.310 e. The second-order valence-electron chi connectivity index (χ2n) is 4.11. The Morgan fingerprint density at radius 2 is 2.31 bits per heavy atom. The maximum absolute atomic E-state index is 13.7. The molecule has 0 aromatic heterocycles. The van der Waals surface area contributed by atoms with E-state index in [4.69, 9.17) is 0 Å². The second-order valence-corrected chi connectivity index (χ2v) is 5.92. The van der Waals surface area contributed by atoms with Crippen LogP contribution in [0.15, 0.2) is 23.1 Å². The molecule has 4 heteroatoms. The molecule has 16 heavy (non-hydrogen) atoms. The minimum absolute atomic E-state index is 0.00782. The molecule has 3 unspecified atom stereocenters. The van der Waals surface area contributed by atoms with Gasteiger partial charge < -0.3 is 5.32 Å². The smallest absolute Gasteiger partial charge is 0.139 e. The molecule has 0 saturated carbocycles. The van der Waals surface area contributed by atoms with Gasteiger partial charge in [-0.1, -0.05) is 26.0 Å². The number of rotatable bonds is 2. The highest BCUT2D eigenvalue weighted by molar-refractivity contribution is 7.85. The molecule has 1 N–H and O–H groups in total. The van der Waals surface area contributed by atoms with Crippen LogP contribution in [-0.2, 0) is 10.8 Å². The van der Waals surface area contributed by atoms with Crippen molar-refractivity contribution in [3.63, 3.8) is 0 Å². The molecule has 1 heterocycles. The van der Waals surface area contributed by atoms with Crippen molar-refractivity contribution < 1.29 is 8.60 Å². The first-order valence-electron chi connectivity index (χ1n) is 5.57. The molecule has 1 aromatic carbocycles. The van der Waals surface area contributed by atoms with E-state index in [-0.39, 0.29) is 17.1 Å². The van der Waals surface area contributed by atoms with Crippen molar-refractivity contribution in [1.29, 1.82) is 0 Å². The summed E-state index contributed by atoms with van der Waals surface area (Å²) in [5.74, 6) is -0.342. The molecule has 2 rings (SSSR count). The Morgan fingerprint density at radius 1 is 1.56 bits per heavy atom. The molecular weight excluding hydrogens is 225 g/mol. The highest BCUT2D eigenvalue weighted by Crippen LogP contribution is 2.35. The number of halogens is 1. The zero-order chi connectivity index (χ0) is 11.7. The van der Waals surface area contributed by atoms with Gasteiger partial charge in [-0.15, -0.1) is 0 Å². The van der Waals surface area contributed by atoms with E-state index in [1.807, 2.05) is 19.9 Å². The Balaban J connectivity index is 2.49. The number of nitrogens with one attached hydrogen (secondary N) is 1. The first-order chi connectivity index (χ1) is 7.65. The first kappa shape index (κ1) is 11.7. The SMILES string of the molecule is CCNC1CC(C)S(=O)c2c(F)cccc21. The van der Waals surface area contributed by atoms with Crippen molar-refractivity contribution in [2.75, 3.05) is 6.54 Å². The molecule has 0 spiro atoms. The minimum atomic E-state index is -1.21. The van der Waals surface area contributed by atoms with Gasteiger partial charge in [0.05, 0.1) is 15.7 Å². The zero-order valence-corrected chi connectivity index (χ0v) is 10.3.